The molecule has 0 aliphatic rings. The topological polar surface area (TPSA) is 51.6 Å². The van der Waals surface area contributed by atoms with Gasteiger partial charge in [0, 0.05) is 40.2 Å². The smallest absolute Gasteiger partial charge is 0.160 e. The molecule has 0 aliphatic carbocycles. The first kappa shape index (κ1) is 37.2. The van der Waals surface area contributed by atoms with Crippen LogP contribution in [0.2, 0.25) is 0 Å². The zero-order valence-electron chi connectivity index (χ0n) is 34.7. The fourth-order valence-corrected chi connectivity index (χ4v) is 8.89. The molecule has 4 heteroatoms. The van der Waals surface area contributed by atoms with Gasteiger partial charge < -0.3 is 0 Å². The van der Waals surface area contributed by atoms with Crippen molar-refractivity contribution < 1.29 is 0 Å². The lowest BCUT2D eigenvalue weighted by molar-refractivity contribution is 1.18. The van der Waals surface area contributed by atoms with Crippen molar-refractivity contribution in [2.24, 2.45) is 0 Å². The van der Waals surface area contributed by atoms with E-state index in [-0.39, 0.29) is 0 Å². The van der Waals surface area contributed by atoms with Crippen molar-refractivity contribution in [1.29, 1.82) is 0 Å². The van der Waals surface area contributed by atoms with Crippen LogP contribution < -0.4 is 0 Å². The summed E-state index contributed by atoms with van der Waals surface area (Å²) in [5, 5.41) is 9.61. The average Bonchev–Trinajstić information content (AvgIpc) is 3.37. The van der Waals surface area contributed by atoms with E-state index in [0.29, 0.717) is 5.82 Å². The van der Waals surface area contributed by atoms with E-state index < -0.39 is 0 Å². The van der Waals surface area contributed by atoms with Crippen LogP contribution in [0.25, 0.3) is 122 Å². The predicted molar refractivity (Wildman–Crippen MR) is 266 cm³/mol. The predicted octanol–water partition coefficient (Wildman–Crippen LogP) is 15.5. The summed E-state index contributed by atoms with van der Waals surface area (Å²) in [5.41, 5.74) is 13.1. The van der Waals surface area contributed by atoms with Crippen LogP contribution in [0.4, 0.5) is 0 Å². The van der Waals surface area contributed by atoms with E-state index in [1.54, 1.807) is 0 Å². The van der Waals surface area contributed by atoms with E-state index in [0.717, 1.165) is 72.8 Å². The Morgan fingerprint density at radius 1 is 0.203 bits per heavy atom. The zero-order chi connectivity index (χ0) is 42.4. The third kappa shape index (κ3) is 7.13. The molecule has 0 spiro atoms. The van der Waals surface area contributed by atoms with Crippen molar-refractivity contribution in [3.63, 3.8) is 0 Å². The van der Waals surface area contributed by atoms with Crippen molar-refractivity contribution in [1.82, 2.24) is 19.9 Å². The van der Waals surface area contributed by atoms with Crippen LogP contribution in [0.15, 0.2) is 231 Å². The van der Waals surface area contributed by atoms with Gasteiger partial charge in [0.1, 0.15) is 0 Å². The number of hydrogen-bond acceptors (Lipinski definition) is 4. The highest BCUT2D eigenvalue weighted by molar-refractivity contribution is 6.01. The van der Waals surface area contributed by atoms with Crippen LogP contribution in [-0.2, 0) is 0 Å². The Balaban J connectivity index is 1.04. The van der Waals surface area contributed by atoms with Gasteiger partial charge in [-0.05, 0) is 150 Å². The van der Waals surface area contributed by atoms with Gasteiger partial charge in [-0.15, -0.1) is 0 Å². The van der Waals surface area contributed by atoms with Gasteiger partial charge in [0.05, 0.1) is 22.8 Å². The van der Waals surface area contributed by atoms with Crippen LogP contribution >= 0.6 is 0 Å². The molecule has 0 amide bonds. The van der Waals surface area contributed by atoms with Crippen molar-refractivity contribution >= 4 is 43.1 Å². The first-order valence-corrected chi connectivity index (χ1v) is 21.6. The number of fused-ring (bicyclic) bond motifs is 4. The number of hydrogen-bond donors (Lipinski definition) is 0. The quantitative estimate of drug-likeness (QED) is 0.150. The van der Waals surface area contributed by atoms with Gasteiger partial charge in [0.15, 0.2) is 5.82 Å². The van der Waals surface area contributed by atoms with Gasteiger partial charge in [0.25, 0.3) is 0 Å². The minimum absolute atomic E-state index is 0.656. The fourth-order valence-electron chi connectivity index (χ4n) is 8.89. The molecule has 4 nitrogen and oxygen atoms in total. The first-order valence-electron chi connectivity index (χ1n) is 21.6. The Labute approximate surface area is 370 Å². The normalized spacial score (nSPS) is 11.4. The van der Waals surface area contributed by atoms with E-state index in [1.165, 1.54) is 43.1 Å². The SMILES string of the molecule is c1ccc(-c2ccc(-c3cc(-c4ccc(-c5ccccn5)cc4)cc(-c4nc(-c5ccc6cc7ccccc7cc6c5)cc(-c5ccc6cc7ccccc7cc6c5)n4)c3)cc2)nc1. The molecule has 0 radical (unpaired) electrons. The molecule has 0 atom stereocenters. The number of benzene rings is 9. The Bertz CT molecular complexity index is 3460. The second kappa shape index (κ2) is 15.7. The minimum atomic E-state index is 0.656. The number of pyridine rings is 2. The van der Waals surface area contributed by atoms with Crippen LogP contribution in [0.3, 0.4) is 0 Å². The number of aromatic nitrogens is 4. The highest BCUT2D eigenvalue weighted by Crippen LogP contribution is 2.37. The summed E-state index contributed by atoms with van der Waals surface area (Å²) >= 11 is 0. The molecule has 0 saturated carbocycles. The molecular formula is C60H38N4. The lowest BCUT2D eigenvalue weighted by Crippen LogP contribution is -1.97. The molecule has 3 aromatic heterocycles. The summed E-state index contributed by atoms with van der Waals surface area (Å²) in [4.78, 5) is 20.0. The van der Waals surface area contributed by atoms with E-state index in [9.17, 15) is 0 Å². The molecule has 0 unspecified atom stereocenters. The van der Waals surface area contributed by atoms with Crippen LogP contribution in [0.1, 0.15) is 0 Å². The summed E-state index contributed by atoms with van der Waals surface area (Å²) < 4.78 is 0. The summed E-state index contributed by atoms with van der Waals surface area (Å²) in [5.74, 6) is 0.656. The van der Waals surface area contributed by atoms with E-state index in [2.05, 4.69) is 192 Å². The van der Waals surface area contributed by atoms with Gasteiger partial charge >= 0.3 is 0 Å². The summed E-state index contributed by atoms with van der Waals surface area (Å²) in [6, 6.07) is 77.6. The third-order valence-corrected chi connectivity index (χ3v) is 12.3. The lowest BCUT2D eigenvalue weighted by atomic mass is 9.94. The number of rotatable bonds is 7. The first-order chi connectivity index (χ1) is 31.6. The average molecular weight is 815 g/mol. The van der Waals surface area contributed by atoms with Gasteiger partial charge in [-0.25, -0.2) is 9.97 Å². The van der Waals surface area contributed by atoms with E-state index in [1.807, 2.05) is 48.8 Å². The van der Waals surface area contributed by atoms with Crippen molar-refractivity contribution in [3.05, 3.63) is 231 Å². The molecule has 64 heavy (non-hydrogen) atoms. The lowest BCUT2D eigenvalue weighted by Gasteiger charge is -2.14. The third-order valence-electron chi connectivity index (χ3n) is 12.3. The van der Waals surface area contributed by atoms with Gasteiger partial charge in [-0.1, -0.05) is 133 Å². The highest BCUT2D eigenvalue weighted by atomic mass is 14.9. The molecule has 9 aromatic carbocycles. The Kier molecular flexibility index (Phi) is 9.12. The van der Waals surface area contributed by atoms with E-state index in [4.69, 9.17) is 9.97 Å². The zero-order valence-corrected chi connectivity index (χ0v) is 34.7. The molecule has 298 valence electrons. The Morgan fingerprint density at radius 2 is 0.562 bits per heavy atom. The molecule has 0 N–H and O–H groups in total. The van der Waals surface area contributed by atoms with Crippen LogP contribution in [0.5, 0.6) is 0 Å². The molecule has 0 fully saturated rings. The maximum absolute atomic E-state index is 5.42. The summed E-state index contributed by atoms with van der Waals surface area (Å²) in [7, 11) is 0. The Morgan fingerprint density at radius 3 is 0.984 bits per heavy atom. The van der Waals surface area contributed by atoms with Crippen molar-refractivity contribution in [2.75, 3.05) is 0 Å². The van der Waals surface area contributed by atoms with E-state index >= 15 is 0 Å². The largest absolute Gasteiger partial charge is 0.256 e. The highest BCUT2D eigenvalue weighted by Gasteiger charge is 2.16. The molecule has 0 saturated heterocycles. The standard InChI is InChI=1S/C60H38N4/c1-3-11-45-31-53-33-49(25-23-47(53)29-43(45)9-1)58-38-59(50-26-24-48-30-44-10-2-4-12-46(44)32-54(48)34-50)64-60(63-58)55-36-51(39-15-19-41(20-16-39)56-13-5-7-27-61-56)35-52(37-55)40-17-21-42(22-18-40)57-14-6-8-28-62-57/h1-38H. The molecule has 0 bridgehead atoms. The monoisotopic (exact) mass is 814 g/mol. The molecule has 0 aliphatic heterocycles. The van der Waals surface area contributed by atoms with Crippen molar-refractivity contribution in [2.45, 2.75) is 0 Å². The molecule has 3 heterocycles. The fraction of sp³-hybridized carbons (Fsp3) is 0. The molecular weight excluding hydrogens is 777 g/mol. The molecule has 12 rings (SSSR count). The number of nitrogens with zero attached hydrogens (tertiary/aromatic N) is 4. The van der Waals surface area contributed by atoms with Gasteiger partial charge in [-0.3, -0.25) is 9.97 Å². The van der Waals surface area contributed by atoms with Gasteiger partial charge in [-0.2, -0.15) is 0 Å². The van der Waals surface area contributed by atoms with Crippen LogP contribution in [0, 0.1) is 0 Å². The maximum Gasteiger partial charge on any atom is 0.160 e. The second-order valence-corrected chi connectivity index (χ2v) is 16.4. The van der Waals surface area contributed by atoms with Crippen molar-refractivity contribution in [3.8, 4) is 78.7 Å². The summed E-state index contributed by atoms with van der Waals surface area (Å²) in [6.45, 7) is 0. The maximum atomic E-state index is 5.42. The Hall–Kier alpha value is -8.60. The van der Waals surface area contributed by atoms with Crippen LogP contribution in [-0.4, -0.2) is 19.9 Å². The van der Waals surface area contributed by atoms with Gasteiger partial charge in [0.2, 0.25) is 0 Å². The molecule has 12 aromatic rings. The minimum Gasteiger partial charge on any atom is -0.256 e. The second-order valence-electron chi connectivity index (χ2n) is 16.4. The summed E-state index contributed by atoms with van der Waals surface area (Å²) in [6.07, 6.45) is 3.67.